The molecule has 0 aliphatic carbocycles. The van der Waals surface area contributed by atoms with E-state index in [1.54, 1.807) is 6.07 Å². The SMILES string of the molecule is O=C([O-])c1ccc(-c2cccc(Br)c2)o1. The fraction of sp³-hybridized carbons (Fsp3) is 0. The first-order valence-electron chi connectivity index (χ1n) is 4.24. The molecule has 0 bridgehead atoms. The molecule has 4 heteroatoms. The average Bonchev–Trinajstić information content (AvgIpc) is 2.66. The van der Waals surface area contributed by atoms with Crippen molar-refractivity contribution in [1.82, 2.24) is 0 Å². The largest absolute Gasteiger partial charge is 0.542 e. The number of carboxylic acids is 1. The van der Waals surface area contributed by atoms with Crippen LogP contribution in [0.5, 0.6) is 0 Å². The van der Waals surface area contributed by atoms with Crippen molar-refractivity contribution in [3.05, 3.63) is 46.6 Å². The number of hydrogen-bond acceptors (Lipinski definition) is 3. The highest BCUT2D eigenvalue weighted by Gasteiger charge is 2.05. The number of aromatic carboxylic acids is 1. The van der Waals surface area contributed by atoms with E-state index in [2.05, 4.69) is 15.9 Å². The number of carboxylic acid groups (broad SMARTS) is 1. The Morgan fingerprint density at radius 1 is 1.27 bits per heavy atom. The first-order valence-corrected chi connectivity index (χ1v) is 5.03. The molecule has 0 N–H and O–H groups in total. The highest BCUT2D eigenvalue weighted by atomic mass is 79.9. The maximum Gasteiger partial charge on any atom is 0.150 e. The van der Waals surface area contributed by atoms with Gasteiger partial charge in [-0.2, -0.15) is 0 Å². The van der Waals surface area contributed by atoms with Crippen LogP contribution in [0.3, 0.4) is 0 Å². The van der Waals surface area contributed by atoms with Crippen molar-refractivity contribution in [2.24, 2.45) is 0 Å². The van der Waals surface area contributed by atoms with Crippen LogP contribution in [0.1, 0.15) is 10.6 Å². The van der Waals surface area contributed by atoms with Crippen LogP contribution in [0.15, 0.2) is 45.3 Å². The number of halogens is 1. The lowest BCUT2D eigenvalue weighted by molar-refractivity contribution is -0.257. The van der Waals surface area contributed by atoms with E-state index < -0.39 is 5.97 Å². The summed E-state index contributed by atoms with van der Waals surface area (Å²) in [4.78, 5) is 10.5. The molecule has 0 radical (unpaired) electrons. The third kappa shape index (κ3) is 2.10. The third-order valence-corrected chi connectivity index (χ3v) is 2.41. The Labute approximate surface area is 94.5 Å². The Bertz CT molecular complexity index is 502. The van der Waals surface area contributed by atoms with Crippen LogP contribution in [0.2, 0.25) is 0 Å². The van der Waals surface area contributed by atoms with Gasteiger partial charge in [0.2, 0.25) is 0 Å². The highest BCUT2D eigenvalue weighted by molar-refractivity contribution is 9.10. The molecule has 1 aromatic heterocycles. The predicted molar refractivity (Wildman–Crippen MR) is 56.2 cm³/mol. The fourth-order valence-corrected chi connectivity index (χ4v) is 1.64. The first-order chi connectivity index (χ1) is 7.16. The van der Waals surface area contributed by atoms with Gasteiger partial charge in [0.25, 0.3) is 0 Å². The maximum atomic E-state index is 10.5. The number of benzene rings is 1. The van der Waals surface area contributed by atoms with E-state index in [-0.39, 0.29) is 5.76 Å². The molecule has 1 heterocycles. The second-order valence-electron chi connectivity index (χ2n) is 2.96. The fourth-order valence-electron chi connectivity index (χ4n) is 1.24. The van der Waals surface area contributed by atoms with Gasteiger partial charge >= 0.3 is 0 Å². The lowest BCUT2D eigenvalue weighted by Gasteiger charge is -1.98. The minimum atomic E-state index is -1.31. The molecule has 3 nitrogen and oxygen atoms in total. The van der Waals surface area contributed by atoms with Crippen LogP contribution in [0, 0.1) is 0 Å². The van der Waals surface area contributed by atoms with Crippen molar-refractivity contribution in [3.8, 4) is 11.3 Å². The molecule has 0 atom stereocenters. The van der Waals surface area contributed by atoms with Crippen molar-refractivity contribution >= 4 is 21.9 Å². The summed E-state index contributed by atoms with van der Waals surface area (Å²) in [7, 11) is 0. The molecule has 0 amide bonds. The average molecular weight is 266 g/mol. The minimum absolute atomic E-state index is 0.162. The molecule has 0 aliphatic rings. The van der Waals surface area contributed by atoms with Gasteiger partial charge in [0, 0.05) is 10.0 Å². The molecule has 1 aromatic carbocycles. The maximum absolute atomic E-state index is 10.5. The molecule has 76 valence electrons. The summed E-state index contributed by atoms with van der Waals surface area (Å²) in [6, 6.07) is 10.4. The van der Waals surface area contributed by atoms with Crippen LogP contribution < -0.4 is 5.11 Å². The lowest BCUT2D eigenvalue weighted by atomic mass is 10.2. The van der Waals surface area contributed by atoms with Crippen LogP contribution in [0.25, 0.3) is 11.3 Å². The van der Waals surface area contributed by atoms with Crippen molar-refractivity contribution in [2.45, 2.75) is 0 Å². The summed E-state index contributed by atoms with van der Waals surface area (Å²) in [5, 5.41) is 10.5. The molecule has 0 unspecified atom stereocenters. The van der Waals surface area contributed by atoms with E-state index >= 15 is 0 Å². The second-order valence-corrected chi connectivity index (χ2v) is 3.88. The lowest BCUT2D eigenvalue weighted by Crippen LogP contribution is -2.21. The van der Waals surface area contributed by atoms with Crippen molar-refractivity contribution in [3.63, 3.8) is 0 Å². The number of carbonyl (C=O) groups is 1. The Morgan fingerprint density at radius 2 is 2.07 bits per heavy atom. The van der Waals surface area contributed by atoms with Crippen molar-refractivity contribution in [2.75, 3.05) is 0 Å². The quantitative estimate of drug-likeness (QED) is 0.836. The van der Waals surface area contributed by atoms with Gasteiger partial charge in [0.15, 0.2) is 0 Å². The van der Waals surface area contributed by atoms with E-state index in [0.29, 0.717) is 5.76 Å². The Morgan fingerprint density at radius 3 is 2.67 bits per heavy atom. The van der Waals surface area contributed by atoms with E-state index in [1.165, 1.54) is 6.07 Å². The summed E-state index contributed by atoms with van der Waals surface area (Å²) in [6.45, 7) is 0. The minimum Gasteiger partial charge on any atom is -0.542 e. The van der Waals surface area contributed by atoms with E-state index in [1.807, 2.05) is 24.3 Å². The van der Waals surface area contributed by atoms with Crippen LogP contribution in [-0.2, 0) is 0 Å². The second kappa shape index (κ2) is 3.90. The van der Waals surface area contributed by atoms with Gasteiger partial charge in [0.05, 0.1) is 0 Å². The molecule has 0 spiro atoms. The smallest absolute Gasteiger partial charge is 0.150 e. The number of carbonyl (C=O) groups excluding carboxylic acids is 1. The van der Waals surface area contributed by atoms with Gasteiger partial charge in [-0.1, -0.05) is 28.1 Å². The molecular formula is C11H6BrO3-. The molecular weight excluding hydrogens is 260 g/mol. The number of furan rings is 1. The van der Waals surface area contributed by atoms with Crippen LogP contribution in [0.4, 0.5) is 0 Å². The van der Waals surface area contributed by atoms with Gasteiger partial charge in [-0.25, -0.2) is 0 Å². The standard InChI is InChI=1S/C11H7BrO3/c12-8-3-1-2-7(6-8)9-4-5-10(15-9)11(13)14/h1-6H,(H,13,14)/p-1. The van der Waals surface area contributed by atoms with Crippen LogP contribution >= 0.6 is 15.9 Å². The monoisotopic (exact) mass is 265 g/mol. The zero-order valence-electron chi connectivity index (χ0n) is 7.57. The van der Waals surface area contributed by atoms with E-state index in [4.69, 9.17) is 4.42 Å². The number of rotatable bonds is 2. The Hall–Kier alpha value is -1.55. The third-order valence-electron chi connectivity index (χ3n) is 1.92. The molecule has 15 heavy (non-hydrogen) atoms. The van der Waals surface area contributed by atoms with Crippen LogP contribution in [-0.4, -0.2) is 5.97 Å². The molecule has 2 aromatic rings. The summed E-state index contributed by atoms with van der Waals surface area (Å²) < 4.78 is 6.01. The predicted octanol–water partition coefficient (Wildman–Crippen LogP) is 2.07. The van der Waals surface area contributed by atoms with E-state index in [0.717, 1.165) is 10.0 Å². The van der Waals surface area contributed by atoms with Crippen molar-refractivity contribution in [1.29, 1.82) is 0 Å². The topological polar surface area (TPSA) is 53.3 Å². The van der Waals surface area contributed by atoms with Gasteiger partial charge < -0.3 is 14.3 Å². The Kier molecular flexibility index (Phi) is 2.60. The molecule has 0 saturated carbocycles. The molecule has 0 saturated heterocycles. The first kappa shape index (κ1) is 9.98. The van der Waals surface area contributed by atoms with E-state index in [9.17, 15) is 9.90 Å². The summed E-state index contributed by atoms with van der Waals surface area (Å²) in [5.41, 5.74) is 0.817. The van der Waals surface area contributed by atoms with Gasteiger partial charge in [-0.15, -0.1) is 0 Å². The highest BCUT2D eigenvalue weighted by Crippen LogP contribution is 2.24. The normalized spacial score (nSPS) is 10.2. The number of hydrogen-bond donors (Lipinski definition) is 0. The summed E-state index contributed by atoms with van der Waals surface area (Å²) >= 11 is 3.32. The molecule has 0 aliphatic heterocycles. The molecule has 2 rings (SSSR count). The van der Waals surface area contributed by atoms with Crippen molar-refractivity contribution < 1.29 is 14.3 Å². The zero-order valence-corrected chi connectivity index (χ0v) is 9.15. The zero-order chi connectivity index (χ0) is 10.8. The summed E-state index contributed by atoms with van der Waals surface area (Å²) in [6.07, 6.45) is 0. The molecule has 0 fully saturated rings. The van der Waals surface area contributed by atoms with Gasteiger partial charge in [-0.3, -0.25) is 0 Å². The summed E-state index contributed by atoms with van der Waals surface area (Å²) in [5.74, 6) is -0.961. The van der Waals surface area contributed by atoms with Gasteiger partial charge in [-0.05, 0) is 24.3 Å². The Balaban J connectivity index is 2.41. The van der Waals surface area contributed by atoms with Gasteiger partial charge in [0.1, 0.15) is 17.5 Å².